The van der Waals surface area contributed by atoms with Gasteiger partial charge in [0, 0.05) is 0 Å². The molecule has 1 heterocycles. The topological polar surface area (TPSA) is 35.0 Å². The van der Waals surface area contributed by atoms with E-state index in [2.05, 4.69) is 9.97 Å². The van der Waals surface area contributed by atoms with Gasteiger partial charge >= 0.3 is 0 Å². The summed E-state index contributed by atoms with van der Waals surface area (Å²) >= 11 is 11.4. The lowest BCUT2D eigenvalue weighted by molar-refractivity contribution is 0.460. The predicted molar refractivity (Wildman–Crippen MR) is 58.5 cm³/mol. The van der Waals surface area contributed by atoms with Crippen LogP contribution in [0.4, 0.5) is 4.39 Å². The summed E-state index contributed by atoms with van der Waals surface area (Å²) in [5.41, 5.74) is 0. The molecular formula is C10H5Cl2FN2O. The minimum absolute atomic E-state index is 0.0292. The summed E-state index contributed by atoms with van der Waals surface area (Å²) in [5.74, 6) is 0.200. The average molecular weight is 259 g/mol. The Hall–Kier alpha value is -1.39. The highest BCUT2D eigenvalue weighted by molar-refractivity contribution is 6.32. The molecule has 0 spiro atoms. The summed E-state index contributed by atoms with van der Waals surface area (Å²) < 4.78 is 18.0. The summed E-state index contributed by atoms with van der Waals surface area (Å²) in [6, 6.07) is 5.46. The number of hydrogen-bond donors (Lipinski definition) is 0. The molecule has 6 heteroatoms. The fourth-order valence-corrected chi connectivity index (χ4v) is 1.27. The van der Waals surface area contributed by atoms with Gasteiger partial charge in [-0.3, -0.25) is 0 Å². The van der Waals surface area contributed by atoms with Crippen LogP contribution in [0.5, 0.6) is 11.6 Å². The van der Waals surface area contributed by atoms with Gasteiger partial charge in [-0.15, -0.1) is 0 Å². The first-order valence-electron chi connectivity index (χ1n) is 4.26. The Bertz CT molecular complexity index is 505. The molecule has 0 saturated heterocycles. The summed E-state index contributed by atoms with van der Waals surface area (Å²) in [6.45, 7) is 0. The Labute approximate surface area is 101 Å². The third-order valence-corrected chi connectivity index (χ3v) is 2.15. The molecule has 1 aromatic carbocycles. The normalized spacial score (nSPS) is 10.2. The molecule has 0 aliphatic carbocycles. The van der Waals surface area contributed by atoms with Crippen molar-refractivity contribution in [1.82, 2.24) is 9.97 Å². The Kier molecular flexibility index (Phi) is 3.22. The second kappa shape index (κ2) is 4.63. The molecule has 0 N–H and O–H groups in total. The van der Waals surface area contributed by atoms with E-state index in [0.717, 1.165) is 0 Å². The van der Waals surface area contributed by atoms with Gasteiger partial charge in [-0.2, -0.15) is 4.98 Å². The molecule has 2 rings (SSSR count). The van der Waals surface area contributed by atoms with Crippen molar-refractivity contribution in [3.63, 3.8) is 0 Å². The van der Waals surface area contributed by atoms with Crippen LogP contribution in [-0.4, -0.2) is 9.97 Å². The molecule has 16 heavy (non-hydrogen) atoms. The number of aromatic nitrogens is 2. The van der Waals surface area contributed by atoms with Gasteiger partial charge in [0.2, 0.25) is 11.2 Å². The summed E-state index contributed by atoms with van der Waals surface area (Å²) in [7, 11) is 0. The number of benzene rings is 1. The summed E-state index contributed by atoms with van der Waals surface area (Å²) in [5, 5.41) is 0.259. The average Bonchev–Trinajstić information content (AvgIpc) is 2.27. The van der Waals surface area contributed by atoms with Crippen molar-refractivity contribution >= 4 is 23.2 Å². The van der Waals surface area contributed by atoms with Gasteiger partial charge in [0.1, 0.15) is 16.6 Å². The Morgan fingerprint density at radius 3 is 2.50 bits per heavy atom. The van der Waals surface area contributed by atoms with Crippen LogP contribution in [0.1, 0.15) is 0 Å². The van der Waals surface area contributed by atoms with Crippen molar-refractivity contribution < 1.29 is 9.13 Å². The van der Waals surface area contributed by atoms with Crippen molar-refractivity contribution in [2.24, 2.45) is 0 Å². The highest BCUT2D eigenvalue weighted by Crippen LogP contribution is 2.27. The first-order chi connectivity index (χ1) is 7.65. The molecular weight excluding hydrogens is 254 g/mol. The van der Waals surface area contributed by atoms with Gasteiger partial charge < -0.3 is 4.74 Å². The zero-order valence-corrected chi connectivity index (χ0v) is 9.34. The molecule has 0 atom stereocenters. The molecule has 0 radical (unpaired) electrons. The zero-order chi connectivity index (χ0) is 11.5. The Balaban J connectivity index is 2.26. The van der Waals surface area contributed by atoms with Crippen LogP contribution in [0.15, 0.2) is 30.5 Å². The van der Waals surface area contributed by atoms with Gasteiger partial charge in [-0.25, -0.2) is 9.37 Å². The van der Waals surface area contributed by atoms with E-state index < -0.39 is 0 Å². The minimum Gasteiger partial charge on any atom is -0.437 e. The van der Waals surface area contributed by atoms with Crippen LogP contribution in [0.25, 0.3) is 0 Å². The number of hydrogen-bond acceptors (Lipinski definition) is 3. The standard InChI is InChI=1S/C10H5Cl2FN2O/c11-8-5-14-10(12)15-9(8)16-7-3-1-6(13)2-4-7/h1-5H. The van der Waals surface area contributed by atoms with Crippen LogP contribution < -0.4 is 4.74 Å². The van der Waals surface area contributed by atoms with Gasteiger partial charge in [0.15, 0.2) is 0 Å². The summed E-state index contributed by atoms with van der Waals surface area (Å²) in [6.07, 6.45) is 1.33. The molecule has 82 valence electrons. The van der Waals surface area contributed by atoms with Gasteiger partial charge in [-0.1, -0.05) is 11.6 Å². The number of nitrogens with zero attached hydrogens (tertiary/aromatic N) is 2. The molecule has 1 aromatic heterocycles. The van der Waals surface area contributed by atoms with Gasteiger partial charge in [-0.05, 0) is 35.9 Å². The smallest absolute Gasteiger partial charge is 0.242 e. The fourth-order valence-electron chi connectivity index (χ4n) is 1.02. The van der Waals surface area contributed by atoms with Crippen LogP contribution in [0.3, 0.4) is 0 Å². The quantitative estimate of drug-likeness (QED) is 0.771. The van der Waals surface area contributed by atoms with E-state index in [4.69, 9.17) is 27.9 Å². The van der Waals surface area contributed by atoms with Crippen molar-refractivity contribution in [3.8, 4) is 11.6 Å². The lowest BCUT2D eigenvalue weighted by Gasteiger charge is -2.05. The highest BCUT2D eigenvalue weighted by Gasteiger charge is 2.06. The van der Waals surface area contributed by atoms with Crippen molar-refractivity contribution in [3.05, 3.63) is 46.6 Å². The minimum atomic E-state index is -0.348. The van der Waals surface area contributed by atoms with E-state index in [1.165, 1.54) is 30.5 Å². The lowest BCUT2D eigenvalue weighted by atomic mass is 10.3. The third kappa shape index (κ3) is 2.59. The van der Waals surface area contributed by atoms with Crippen molar-refractivity contribution in [1.29, 1.82) is 0 Å². The van der Waals surface area contributed by atoms with Gasteiger partial charge in [0.05, 0.1) is 6.20 Å². The van der Waals surface area contributed by atoms with Crippen LogP contribution in [-0.2, 0) is 0 Å². The molecule has 0 bridgehead atoms. The Morgan fingerprint density at radius 2 is 1.81 bits per heavy atom. The van der Waals surface area contributed by atoms with Crippen molar-refractivity contribution in [2.45, 2.75) is 0 Å². The predicted octanol–water partition coefficient (Wildman–Crippen LogP) is 3.71. The molecule has 0 fully saturated rings. The molecule has 0 saturated carbocycles. The Morgan fingerprint density at radius 1 is 1.12 bits per heavy atom. The zero-order valence-electron chi connectivity index (χ0n) is 7.82. The molecule has 3 nitrogen and oxygen atoms in total. The maximum absolute atomic E-state index is 12.6. The van der Waals surface area contributed by atoms with E-state index in [-0.39, 0.29) is 22.0 Å². The largest absolute Gasteiger partial charge is 0.437 e. The summed E-state index contributed by atoms with van der Waals surface area (Å²) in [4.78, 5) is 7.47. The SMILES string of the molecule is Fc1ccc(Oc2nc(Cl)ncc2Cl)cc1. The van der Waals surface area contributed by atoms with E-state index in [1.807, 2.05) is 0 Å². The second-order valence-electron chi connectivity index (χ2n) is 2.85. The number of halogens is 3. The van der Waals surface area contributed by atoms with Crippen LogP contribution in [0.2, 0.25) is 10.3 Å². The second-order valence-corrected chi connectivity index (χ2v) is 3.59. The molecule has 0 aliphatic heterocycles. The molecule has 0 aliphatic rings. The maximum Gasteiger partial charge on any atom is 0.242 e. The van der Waals surface area contributed by atoms with Crippen LogP contribution in [0, 0.1) is 5.82 Å². The number of ether oxygens (including phenoxy) is 1. The first kappa shape index (κ1) is 11.1. The van der Waals surface area contributed by atoms with Crippen molar-refractivity contribution in [2.75, 3.05) is 0 Å². The van der Waals surface area contributed by atoms with E-state index in [9.17, 15) is 4.39 Å². The van der Waals surface area contributed by atoms with E-state index in [1.54, 1.807) is 0 Å². The van der Waals surface area contributed by atoms with E-state index >= 15 is 0 Å². The molecule has 2 aromatic rings. The molecule has 0 unspecified atom stereocenters. The number of rotatable bonds is 2. The fraction of sp³-hybridized carbons (Fsp3) is 0. The third-order valence-electron chi connectivity index (χ3n) is 1.71. The van der Waals surface area contributed by atoms with E-state index in [0.29, 0.717) is 5.75 Å². The lowest BCUT2D eigenvalue weighted by Crippen LogP contribution is -1.91. The van der Waals surface area contributed by atoms with Crippen LogP contribution >= 0.6 is 23.2 Å². The van der Waals surface area contributed by atoms with Gasteiger partial charge in [0.25, 0.3) is 0 Å². The monoisotopic (exact) mass is 258 g/mol. The maximum atomic E-state index is 12.6. The molecule has 0 amide bonds. The highest BCUT2D eigenvalue weighted by atomic mass is 35.5. The first-order valence-corrected chi connectivity index (χ1v) is 5.02.